The van der Waals surface area contributed by atoms with Crippen molar-refractivity contribution in [3.05, 3.63) is 29.6 Å². The molecule has 1 aromatic rings. The standard InChI is InChI=1S/C16H22FNO/c17-13-5-6-15(19-10-12-3-4-12)14(9-13)16(11-18)7-1-2-8-16/h5-6,9,12H,1-4,7-8,10-11,18H2. The highest BCUT2D eigenvalue weighted by molar-refractivity contribution is 5.41. The molecule has 0 aromatic heterocycles. The highest BCUT2D eigenvalue weighted by Crippen LogP contribution is 2.44. The van der Waals surface area contributed by atoms with Gasteiger partial charge in [0.15, 0.2) is 0 Å². The summed E-state index contributed by atoms with van der Waals surface area (Å²) in [6.07, 6.45) is 6.97. The van der Waals surface area contributed by atoms with Gasteiger partial charge in [-0.25, -0.2) is 4.39 Å². The van der Waals surface area contributed by atoms with E-state index in [4.69, 9.17) is 10.5 Å². The molecular formula is C16H22FNO. The number of rotatable bonds is 5. The fraction of sp³-hybridized carbons (Fsp3) is 0.625. The molecule has 2 aliphatic carbocycles. The van der Waals surface area contributed by atoms with Crippen LogP contribution in [-0.4, -0.2) is 13.2 Å². The topological polar surface area (TPSA) is 35.2 Å². The van der Waals surface area contributed by atoms with E-state index in [0.29, 0.717) is 12.5 Å². The number of halogens is 1. The molecular weight excluding hydrogens is 241 g/mol. The summed E-state index contributed by atoms with van der Waals surface area (Å²) in [6.45, 7) is 1.34. The normalized spacial score (nSPS) is 21.6. The largest absolute Gasteiger partial charge is 0.493 e. The maximum Gasteiger partial charge on any atom is 0.123 e. The highest BCUT2D eigenvalue weighted by atomic mass is 19.1. The summed E-state index contributed by atoms with van der Waals surface area (Å²) in [4.78, 5) is 0. The van der Waals surface area contributed by atoms with Crippen molar-refractivity contribution in [2.24, 2.45) is 11.7 Å². The minimum atomic E-state index is -0.187. The Bertz CT molecular complexity index is 450. The number of hydrogen-bond donors (Lipinski definition) is 1. The van der Waals surface area contributed by atoms with E-state index in [2.05, 4.69) is 0 Å². The Morgan fingerprint density at radius 1 is 1.26 bits per heavy atom. The van der Waals surface area contributed by atoms with Gasteiger partial charge in [0, 0.05) is 17.5 Å². The van der Waals surface area contributed by atoms with E-state index >= 15 is 0 Å². The minimum Gasteiger partial charge on any atom is -0.493 e. The first kappa shape index (κ1) is 12.9. The Kier molecular flexibility index (Phi) is 3.48. The molecule has 2 nitrogen and oxygen atoms in total. The lowest BCUT2D eigenvalue weighted by atomic mass is 9.78. The quantitative estimate of drug-likeness (QED) is 0.883. The van der Waals surface area contributed by atoms with Crippen molar-refractivity contribution in [2.45, 2.75) is 43.9 Å². The summed E-state index contributed by atoms with van der Waals surface area (Å²) < 4.78 is 19.6. The van der Waals surface area contributed by atoms with Gasteiger partial charge >= 0.3 is 0 Å². The van der Waals surface area contributed by atoms with Gasteiger partial charge in [-0.1, -0.05) is 12.8 Å². The summed E-state index contributed by atoms with van der Waals surface area (Å²) in [5.41, 5.74) is 6.94. The molecule has 0 aliphatic heterocycles. The molecule has 0 atom stereocenters. The Labute approximate surface area is 114 Å². The van der Waals surface area contributed by atoms with Crippen LogP contribution in [0.3, 0.4) is 0 Å². The van der Waals surface area contributed by atoms with E-state index in [1.807, 2.05) is 0 Å². The third-order valence-corrected chi connectivity index (χ3v) is 4.64. The van der Waals surface area contributed by atoms with Gasteiger partial charge in [-0.3, -0.25) is 0 Å². The van der Waals surface area contributed by atoms with Gasteiger partial charge in [-0.05, 0) is 49.8 Å². The van der Waals surface area contributed by atoms with Crippen LogP contribution in [0.25, 0.3) is 0 Å². The molecule has 2 aliphatic rings. The molecule has 3 rings (SSSR count). The first-order valence-corrected chi connectivity index (χ1v) is 7.36. The van der Waals surface area contributed by atoms with Crippen LogP contribution in [0.4, 0.5) is 4.39 Å². The van der Waals surface area contributed by atoms with Gasteiger partial charge in [-0.15, -0.1) is 0 Å². The molecule has 0 unspecified atom stereocenters. The number of nitrogens with two attached hydrogens (primary N) is 1. The molecule has 2 fully saturated rings. The highest BCUT2D eigenvalue weighted by Gasteiger charge is 2.37. The van der Waals surface area contributed by atoms with Crippen LogP contribution in [0.1, 0.15) is 44.1 Å². The molecule has 3 heteroatoms. The van der Waals surface area contributed by atoms with Crippen LogP contribution >= 0.6 is 0 Å². The zero-order valence-corrected chi connectivity index (χ0v) is 11.3. The van der Waals surface area contributed by atoms with Crippen LogP contribution in [-0.2, 0) is 5.41 Å². The Morgan fingerprint density at radius 2 is 2.00 bits per heavy atom. The van der Waals surface area contributed by atoms with Crippen LogP contribution in [0.15, 0.2) is 18.2 Å². The second-order valence-electron chi connectivity index (χ2n) is 6.09. The second-order valence-corrected chi connectivity index (χ2v) is 6.09. The Balaban J connectivity index is 1.89. The van der Waals surface area contributed by atoms with E-state index < -0.39 is 0 Å². The lowest BCUT2D eigenvalue weighted by Gasteiger charge is -2.30. The summed E-state index contributed by atoms with van der Waals surface area (Å²) in [5, 5.41) is 0. The molecule has 19 heavy (non-hydrogen) atoms. The Morgan fingerprint density at radius 3 is 2.63 bits per heavy atom. The SMILES string of the molecule is NCC1(c2cc(F)ccc2OCC2CC2)CCCC1. The van der Waals surface area contributed by atoms with Crippen molar-refractivity contribution in [1.82, 2.24) is 0 Å². The van der Waals surface area contributed by atoms with E-state index in [-0.39, 0.29) is 11.2 Å². The fourth-order valence-electron chi connectivity index (χ4n) is 3.17. The van der Waals surface area contributed by atoms with Crippen molar-refractivity contribution >= 4 is 0 Å². The van der Waals surface area contributed by atoms with E-state index in [1.165, 1.54) is 31.7 Å². The molecule has 2 saturated carbocycles. The smallest absolute Gasteiger partial charge is 0.123 e. The van der Waals surface area contributed by atoms with Crippen molar-refractivity contribution in [3.8, 4) is 5.75 Å². The predicted molar refractivity (Wildman–Crippen MR) is 73.8 cm³/mol. The summed E-state index contributed by atoms with van der Waals surface area (Å²) >= 11 is 0. The third-order valence-electron chi connectivity index (χ3n) is 4.64. The first-order chi connectivity index (χ1) is 9.23. The lowest BCUT2D eigenvalue weighted by molar-refractivity contribution is 0.286. The van der Waals surface area contributed by atoms with Gasteiger partial charge in [0.25, 0.3) is 0 Å². The molecule has 0 radical (unpaired) electrons. The summed E-state index contributed by atoms with van der Waals surface area (Å²) in [7, 11) is 0. The molecule has 0 saturated heterocycles. The van der Waals surface area contributed by atoms with Crippen LogP contribution < -0.4 is 10.5 Å². The van der Waals surface area contributed by atoms with Gasteiger partial charge < -0.3 is 10.5 Å². The second kappa shape index (κ2) is 5.12. The monoisotopic (exact) mass is 263 g/mol. The molecule has 104 valence electrons. The van der Waals surface area contributed by atoms with Crippen LogP contribution in [0, 0.1) is 11.7 Å². The number of ether oxygens (including phenoxy) is 1. The zero-order chi connectivity index (χ0) is 13.3. The molecule has 0 heterocycles. The average molecular weight is 263 g/mol. The van der Waals surface area contributed by atoms with Crippen molar-refractivity contribution in [3.63, 3.8) is 0 Å². The number of hydrogen-bond acceptors (Lipinski definition) is 2. The Hall–Kier alpha value is -1.09. The van der Waals surface area contributed by atoms with Gasteiger partial charge in [0.05, 0.1) is 6.61 Å². The summed E-state index contributed by atoms with van der Waals surface area (Å²) in [6, 6.07) is 4.91. The average Bonchev–Trinajstić information content (AvgIpc) is 3.13. The predicted octanol–water partition coefficient (Wildman–Crippen LogP) is 3.39. The fourth-order valence-corrected chi connectivity index (χ4v) is 3.17. The third kappa shape index (κ3) is 2.62. The molecule has 2 N–H and O–H groups in total. The molecule has 0 amide bonds. The van der Waals surface area contributed by atoms with E-state index in [0.717, 1.165) is 30.8 Å². The minimum absolute atomic E-state index is 0.0685. The van der Waals surface area contributed by atoms with Crippen LogP contribution in [0.2, 0.25) is 0 Å². The van der Waals surface area contributed by atoms with Gasteiger partial charge in [0.1, 0.15) is 11.6 Å². The van der Waals surface area contributed by atoms with Crippen molar-refractivity contribution < 1.29 is 9.13 Å². The van der Waals surface area contributed by atoms with Crippen molar-refractivity contribution in [2.75, 3.05) is 13.2 Å². The maximum atomic E-state index is 13.6. The van der Waals surface area contributed by atoms with Crippen molar-refractivity contribution in [1.29, 1.82) is 0 Å². The molecule has 1 aromatic carbocycles. The van der Waals surface area contributed by atoms with Crippen LogP contribution in [0.5, 0.6) is 5.75 Å². The van der Waals surface area contributed by atoms with E-state index in [1.54, 1.807) is 12.1 Å². The lowest BCUT2D eigenvalue weighted by Crippen LogP contribution is -2.32. The number of benzene rings is 1. The van der Waals surface area contributed by atoms with Gasteiger partial charge in [0.2, 0.25) is 0 Å². The first-order valence-electron chi connectivity index (χ1n) is 7.36. The summed E-state index contributed by atoms with van der Waals surface area (Å²) in [5.74, 6) is 1.37. The molecule has 0 spiro atoms. The van der Waals surface area contributed by atoms with E-state index in [9.17, 15) is 4.39 Å². The zero-order valence-electron chi connectivity index (χ0n) is 11.3. The maximum absolute atomic E-state index is 13.6. The molecule has 0 bridgehead atoms. The van der Waals surface area contributed by atoms with Gasteiger partial charge in [-0.2, -0.15) is 0 Å².